The largest absolute Gasteiger partial charge is 0.379 e. The van der Waals surface area contributed by atoms with Gasteiger partial charge in [-0.05, 0) is 39.2 Å². The molecule has 0 aromatic carbocycles. The summed E-state index contributed by atoms with van der Waals surface area (Å²) in [4.78, 5) is 14.1. The minimum absolute atomic E-state index is 0.00404. The average Bonchev–Trinajstić information content (AvgIpc) is 3.22. The molecule has 0 aromatic heterocycles. The van der Waals surface area contributed by atoms with Gasteiger partial charge in [-0.15, -0.1) is 0 Å². The standard InChI is InChI=1S/C14H27N3O2/c1-14(2,17-5-7-19-8-6-17)11-16-13(18)10-15-9-12-3-4-12/h12,15H,3-11H2,1-2H3,(H,16,18). The predicted molar refractivity (Wildman–Crippen MR) is 75.1 cm³/mol. The normalized spacial score (nSPS) is 21.4. The number of nitrogens with one attached hydrogen (secondary N) is 2. The van der Waals surface area contributed by atoms with Gasteiger partial charge in [0.15, 0.2) is 0 Å². The Morgan fingerprint density at radius 2 is 2.00 bits per heavy atom. The summed E-state index contributed by atoms with van der Waals surface area (Å²) in [6.45, 7) is 9.95. The predicted octanol–water partition coefficient (Wildman–Crippen LogP) is 0.213. The lowest BCUT2D eigenvalue weighted by Crippen LogP contribution is -2.56. The van der Waals surface area contributed by atoms with E-state index in [2.05, 4.69) is 29.4 Å². The van der Waals surface area contributed by atoms with Gasteiger partial charge in [0.1, 0.15) is 0 Å². The van der Waals surface area contributed by atoms with Crippen LogP contribution in [0.15, 0.2) is 0 Å². The van der Waals surface area contributed by atoms with E-state index in [-0.39, 0.29) is 11.4 Å². The lowest BCUT2D eigenvalue weighted by Gasteiger charge is -2.40. The molecule has 1 aliphatic heterocycles. The minimum atomic E-state index is -0.00404. The summed E-state index contributed by atoms with van der Waals surface area (Å²) in [5, 5.41) is 6.25. The van der Waals surface area contributed by atoms with Gasteiger partial charge in [-0.2, -0.15) is 0 Å². The Balaban J connectivity index is 1.62. The summed E-state index contributed by atoms with van der Waals surface area (Å²) >= 11 is 0. The Morgan fingerprint density at radius 3 is 2.63 bits per heavy atom. The summed E-state index contributed by atoms with van der Waals surface area (Å²) in [7, 11) is 0. The molecular weight excluding hydrogens is 242 g/mol. The summed E-state index contributed by atoms with van der Waals surface area (Å²) in [6.07, 6.45) is 2.64. The van der Waals surface area contributed by atoms with Crippen LogP contribution in [0.25, 0.3) is 0 Å². The number of nitrogens with zero attached hydrogens (tertiary/aromatic N) is 1. The molecule has 110 valence electrons. The highest BCUT2D eigenvalue weighted by molar-refractivity contribution is 5.78. The maximum absolute atomic E-state index is 11.8. The Labute approximate surface area is 116 Å². The van der Waals surface area contributed by atoms with Crippen LogP contribution in [0.3, 0.4) is 0 Å². The number of carbonyl (C=O) groups excluding carboxylic acids is 1. The van der Waals surface area contributed by atoms with Crippen molar-refractivity contribution in [2.45, 2.75) is 32.2 Å². The van der Waals surface area contributed by atoms with Crippen LogP contribution < -0.4 is 10.6 Å². The van der Waals surface area contributed by atoms with E-state index >= 15 is 0 Å². The first-order chi connectivity index (χ1) is 9.08. The van der Waals surface area contributed by atoms with Crippen molar-refractivity contribution in [2.24, 2.45) is 5.92 Å². The second-order valence-electron chi connectivity index (χ2n) is 6.26. The molecular formula is C14H27N3O2. The molecule has 19 heavy (non-hydrogen) atoms. The average molecular weight is 269 g/mol. The van der Waals surface area contributed by atoms with Gasteiger partial charge in [-0.1, -0.05) is 0 Å². The second-order valence-corrected chi connectivity index (χ2v) is 6.26. The van der Waals surface area contributed by atoms with Gasteiger partial charge >= 0.3 is 0 Å². The zero-order chi connectivity index (χ0) is 13.7. The number of amides is 1. The summed E-state index contributed by atoms with van der Waals surface area (Å²) in [5.41, 5.74) is -0.00404. The molecule has 0 bridgehead atoms. The highest BCUT2D eigenvalue weighted by Gasteiger charge is 2.28. The summed E-state index contributed by atoms with van der Waals surface area (Å²) in [5.74, 6) is 0.916. The van der Waals surface area contributed by atoms with E-state index in [0.717, 1.165) is 38.8 Å². The first kappa shape index (κ1) is 14.8. The van der Waals surface area contributed by atoms with Gasteiger partial charge in [0.25, 0.3) is 0 Å². The van der Waals surface area contributed by atoms with Crippen molar-refractivity contribution in [3.63, 3.8) is 0 Å². The van der Waals surface area contributed by atoms with Gasteiger partial charge in [-0.25, -0.2) is 0 Å². The number of ether oxygens (including phenoxy) is 1. The van der Waals surface area contributed by atoms with Crippen LogP contribution in [-0.2, 0) is 9.53 Å². The Morgan fingerprint density at radius 1 is 1.32 bits per heavy atom. The molecule has 0 spiro atoms. The third-order valence-corrected chi connectivity index (χ3v) is 4.00. The fourth-order valence-corrected chi connectivity index (χ4v) is 2.37. The van der Waals surface area contributed by atoms with Crippen molar-refractivity contribution in [3.8, 4) is 0 Å². The van der Waals surface area contributed by atoms with E-state index in [4.69, 9.17) is 4.74 Å². The molecule has 1 amide bonds. The number of hydrogen-bond acceptors (Lipinski definition) is 4. The molecule has 2 rings (SSSR count). The quantitative estimate of drug-likeness (QED) is 0.694. The minimum Gasteiger partial charge on any atom is -0.379 e. The molecule has 5 heteroatoms. The van der Waals surface area contributed by atoms with Crippen LogP contribution in [0.5, 0.6) is 0 Å². The molecule has 0 unspecified atom stereocenters. The van der Waals surface area contributed by atoms with Gasteiger partial charge in [-0.3, -0.25) is 9.69 Å². The van der Waals surface area contributed by atoms with E-state index in [9.17, 15) is 4.79 Å². The monoisotopic (exact) mass is 269 g/mol. The van der Waals surface area contributed by atoms with Crippen LogP contribution in [-0.4, -0.2) is 62.3 Å². The molecule has 1 saturated carbocycles. The lowest BCUT2D eigenvalue weighted by atomic mass is 10.0. The molecule has 0 aromatic rings. The third-order valence-electron chi connectivity index (χ3n) is 4.00. The van der Waals surface area contributed by atoms with Crippen LogP contribution in [0, 0.1) is 5.92 Å². The second kappa shape index (κ2) is 6.68. The summed E-state index contributed by atoms with van der Waals surface area (Å²) < 4.78 is 5.36. The van der Waals surface area contributed by atoms with Crippen molar-refractivity contribution in [2.75, 3.05) is 45.9 Å². The first-order valence-electron chi connectivity index (χ1n) is 7.38. The highest BCUT2D eigenvalue weighted by atomic mass is 16.5. The van der Waals surface area contributed by atoms with E-state index in [1.54, 1.807) is 0 Å². The molecule has 2 fully saturated rings. The number of rotatable bonds is 7. The van der Waals surface area contributed by atoms with Crippen molar-refractivity contribution >= 4 is 5.91 Å². The molecule has 1 aliphatic carbocycles. The van der Waals surface area contributed by atoms with Crippen molar-refractivity contribution in [3.05, 3.63) is 0 Å². The van der Waals surface area contributed by atoms with E-state index in [1.807, 2.05) is 0 Å². The van der Waals surface area contributed by atoms with Gasteiger partial charge in [0, 0.05) is 25.2 Å². The molecule has 0 atom stereocenters. The molecule has 2 aliphatic rings. The van der Waals surface area contributed by atoms with Crippen molar-refractivity contribution < 1.29 is 9.53 Å². The zero-order valence-electron chi connectivity index (χ0n) is 12.2. The smallest absolute Gasteiger partial charge is 0.234 e. The molecule has 5 nitrogen and oxygen atoms in total. The van der Waals surface area contributed by atoms with E-state index < -0.39 is 0 Å². The SMILES string of the molecule is CC(C)(CNC(=O)CNCC1CC1)N1CCOCC1. The number of carbonyl (C=O) groups is 1. The van der Waals surface area contributed by atoms with Gasteiger partial charge < -0.3 is 15.4 Å². The molecule has 2 N–H and O–H groups in total. The number of morpholine rings is 1. The lowest BCUT2D eigenvalue weighted by molar-refractivity contribution is -0.121. The first-order valence-corrected chi connectivity index (χ1v) is 7.38. The van der Waals surface area contributed by atoms with Crippen molar-refractivity contribution in [1.82, 2.24) is 15.5 Å². The van der Waals surface area contributed by atoms with Crippen LogP contribution in [0.4, 0.5) is 0 Å². The van der Waals surface area contributed by atoms with E-state index in [0.29, 0.717) is 13.1 Å². The Hall–Kier alpha value is -0.650. The fourth-order valence-electron chi connectivity index (χ4n) is 2.37. The molecule has 0 radical (unpaired) electrons. The number of hydrogen-bond donors (Lipinski definition) is 2. The van der Waals surface area contributed by atoms with Crippen LogP contribution in [0.1, 0.15) is 26.7 Å². The van der Waals surface area contributed by atoms with Crippen LogP contribution in [0.2, 0.25) is 0 Å². The highest BCUT2D eigenvalue weighted by Crippen LogP contribution is 2.27. The fraction of sp³-hybridized carbons (Fsp3) is 0.929. The van der Waals surface area contributed by atoms with Gasteiger partial charge in [0.2, 0.25) is 5.91 Å². The maximum Gasteiger partial charge on any atom is 0.234 e. The molecule has 1 heterocycles. The maximum atomic E-state index is 11.8. The van der Waals surface area contributed by atoms with Gasteiger partial charge in [0.05, 0.1) is 19.8 Å². The van der Waals surface area contributed by atoms with Crippen LogP contribution >= 0.6 is 0 Å². The topological polar surface area (TPSA) is 53.6 Å². The zero-order valence-corrected chi connectivity index (χ0v) is 12.2. The Kier molecular flexibility index (Phi) is 5.19. The Bertz CT molecular complexity index is 297. The van der Waals surface area contributed by atoms with E-state index in [1.165, 1.54) is 12.8 Å². The molecule has 1 saturated heterocycles. The third kappa shape index (κ3) is 5.09. The summed E-state index contributed by atoms with van der Waals surface area (Å²) in [6, 6.07) is 0. The van der Waals surface area contributed by atoms with Crippen molar-refractivity contribution in [1.29, 1.82) is 0 Å².